The summed E-state index contributed by atoms with van der Waals surface area (Å²) in [4.78, 5) is 16.1. The van der Waals surface area contributed by atoms with Crippen LogP contribution in [0.3, 0.4) is 0 Å². The third-order valence-electron chi connectivity index (χ3n) is 4.64. The van der Waals surface area contributed by atoms with E-state index in [1.807, 2.05) is 29.2 Å². The number of hydrogen-bond donors (Lipinski definition) is 1. The number of anilines is 2. The summed E-state index contributed by atoms with van der Waals surface area (Å²) in [5.41, 5.74) is 2.28. The molecular weight excluding hydrogens is 336 g/mol. The second kappa shape index (κ2) is 7.72. The van der Waals surface area contributed by atoms with Crippen molar-refractivity contribution in [2.45, 2.75) is 19.8 Å². The number of nitrogens with one attached hydrogen (secondary N) is 1. The average molecular weight is 359 g/mol. The van der Waals surface area contributed by atoms with Crippen LogP contribution in [0.2, 0.25) is 0 Å². The average Bonchev–Trinajstić information content (AvgIpc) is 2.62. The zero-order valence-electron chi connectivity index (χ0n) is 15.0. The molecule has 1 fully saturated rings. The highest BCUT2D eigenvalue weighted by Crippen LogP contribution is 2.25. The van der Waals surface area contributed by atoms with E-state index in [0.717, 1.165) is 17.3 Å². The molecule has 0 aromatic heterocycles. The van der Waals surface area contributed by atoms with Crippen molar-refractivity contribution < 1.29 is 13.6 Å². The number of carbonyl (C=O) groups excluding carboxylic acids is 1. The molecule has 26 heavy (non-hydrogen) atoms. The molecule has 1 saturated heterocycles. The number of carbonyl (C=O) groups is 1. The second-order valence-electron chi connectivity index (χ2n) is 6.74. The number of rotatable bonds is 3. The summed E-state index contributed by atoms with van der Waals surface area (Å²) in [7, 11) is 0. The quantitative estimate of drug-likeness (QED) is 0.879. The van der Waals surface area contributed by atoms with Crippen LogP contribution in [0.1, 0.15) is 25.3 Å². The molecule has 1 aliphatic heterocycles. The minimum Gasteiger partial charge on any atom is -0.366 e. The Kier molecular flexibility index (Phi) is 5.40. The molecule has 4 nitrogen and oxygen atoms in total. The van der Waals surface area contributed by atoms with Gasteiger partial charge in [-0.25, -0.2) is 13.6 Å². The Morgan fingerprint density at radius 3 is 2.38 bits per heavy atom. The minimum absolute atomic E-state index is 0.155. The molecule has 0 bridgehead atoms. The van der Waals surface area contributed by atoms with Crippen molar-refractivity contribution in [2.75, 3.05) is 36.4 Å². The van der Waals surface area contributed by atoms with Crippen LogP contribution in [0, 0.1) is 11.6 Å². The first-order valence-corrected chi connectivity index (χ1v) is 8.80. The number of urea groups is 1. The molecule has 0 spiro atoms. The van der Waals surface area contributed by atoms with Crippen LogP contribution < -0.4 is 10.2 Å². The maximum absolute atomic E-state index is 13.9. The molecule has 3 rings (SSSR count). The molecule has 6 heteroatoms. The van der Waals surface area contributed by atoms with Gasteiger partial charge in [0.25, 0.3) is 0 Å². The molecule has 138 valence electrons. The van der Waals surface area contributed by atoms with E-state index in [4.69, 9.17) is 0 Å². The van der Waals surface area contributed by atoms with Gasteiger partial charge >= 0.3 is 6.03 Å². The van der Waals surface area contributed by atoms with Crippen molar-refractivity contribution >= 4 is 17.4 Å². The highest BCUT2D eigenvalue weighted by Gasteiger charge is 2.23. The number of amides is 2. The van der Waals surface area contributed by atoms with Crippen molar-refractivity contribution in [3.05, 3.63) is 59.7 Å². The lowest BCUT2D eigenvalue weighted by molar-refractivity contribution is 0.208. The fraction of sp³-hybridized carbons (Fsp3) is 0.350. The lowest BCUT2D eigenvalue weighted by Crippen LogP contribution is -2.50. The fourth-order valence-corrected chi connectivity index (χ4v) is 3.20. The summed E-state index contributed by atoms with van der Waals surface area (Å²) in [5.74, 6) is -0.855. The zero-order chi connectivity index (χ0) is 18.7. The highest BCUT2D eigenvalue weighted by molar-refractivity contribution is 5.90. The lowest BCUT2D eigenvalue weighted by atomic mass is 10.0. The van der Waals surface area contributed by atoms with Crippen LogP contribution in [0.25, 0.3) is 0 Å². The molecule has 1 N–H and O–H groups in total. The molecule has 1 heterocycles. The molecule has 1 aliphatic rings. The molecule has 0 saturated carbocycles. The van der Waals surface area contributed by atoms with Gasteiger partial charge in [-0.1, -0.05) is 32.0 Å². The Hall–Kier alpha value is -2.63. The Bertz CT molecular complexity index is 786. The van der Waals surface area contributed by atoms with E-state index in [9.17, 15) is 13.6 Å². The molecular formula is C20H23F2N3O. The van der Waals surface area contributed by atoms with E-state index < -0.39 is 11.6 Å². The second-order valence-corrected chi connectivity index (χ2v) is 6.74. The fourth-order valence-electron chi connectivity index (χ4n) is 3.20. The van der Waals surface area contributed by atoms with Gasteiger partial charge in [0.2, 0.25) is 0 Å². The van der Waals surface area contributed by atoms with E-state index in [1.54, 1.807) is 4.90 Å². The van der Waals surface area contributed by atoms with E-state index in [2.05, 4.69) is 19.2 Å². The van der Waals surface area contributed by atoms with Crippen LogP contribution in [-0.4, -0.2) is 37.1 Å². The zero-order valence-corrected chi connectivity index (χ0v) is 15.0. The van der Waals surface area contributed by atoms with Gasteiger partial charge in [0.15, 0.2) is 0 Å². The Labute approximate surface area is 152 Å². The Morgan fingerprint density at radius 2 is 1.73 bits per heavy atom. The summed E-state index contributed by atoms with van der Waals surface area (Å²) >= 11 is 0. The summed E-state index contributed by atoms with van der Waals surface area (Å²) in [6, 6.07) is 11.2. The smallest absolute Gasteiger partial charge is 0.321 e. The molecule has 0 unspecified atom stereocenters. The lowest BCUT2D eigenvalue weighted by Gasteiger charge is -2.36. The summed E-state index contributed by atoms with van der Waals surface area (Å²) in [6.07, 6.45) is 0. The van der Waals surface area contributed by atoms with Crippen LogP contribution >= 0.6 is 0 Å². The van der Waals surface area contributed by atoms with Crippen LogP contribution in [0.15, 0.2) is 42.5 Å². The predicted octanol–water partition coefficient (Wildman–Crippen LogP) is 4.44. The van der Waals surface area contributed by atoms with Gasteiger partial charge in [-0.3, -0.25) is 0 Å². The van der Waals surface area contributed by atoms with Crippen molar-refractivity contribution in [1.82, 2.24) is 4.90 Å². The summed E-state index contributed by atoms with van der Waals surface area (Å²) < 4.78 is 27.0. The maximum Gasteiger partial charge on any atom is 0.321 e. The first-order valence-electron chi connectivity index (χ1n) is 8.80. The first-order chi connectivity index (χ1) is 12.5. The van der Waals surface area contributed by atoms with Gasteiger partial charge in [0.05, 0.1) is 5.69 Å². The minimum atomic E-state index is -0.590. The first kappa shape index (κ1) is 18.2. The van der Waals surface area contributed by atoms with Crippen molar-refractivity contribution in [2.24, 2.45) is 0 Å². The topological polar surface area (TPSA) is 35.6 Å². The molecule has 0 aliphatic carbocycles. The van der Waals surface area contributed by atoms with Crippen molar-refractivity contribution in [3.63, 3.8) is 0 Å². The number of para-hydroxylation sites is 1. The maximum atomic E-state index is 13.9. The third kappa shape index (κ3) is 3.95. The third-order valence-corrected chi connectivity index (χ3v) is 4.64. The van der Waals surface area contributed by atoms with E-state index in [-0.39, 0.29) is 6.03 Å². The number of nitrogens with zero attached hydrogens (tertiary/aromatic N) is 2. The summed E-state index contributed by atoms with van der Waals surface area (Å²) in [6.45, 7) is 6.13. The van der Waals surface area contributed by atoms with Crippen molar-refractivity contribution in [3.8, 4) is 0 Å². The number of hydrogen-bond acceptors (Lipinski definition) is 2. The van der Waals surface area contributed by atoms with E-state index >= 15 is 0 Å². The monoisotopic (exact) mass is 359 g/mol. The summed E-state index contributed by atoms with van der Waals surface area (Å²) in [5, 5.41) is 2.98. The number of halogens is 2. The molecule has 2 aromatic carbocycles. The van der Waals surface area contributed by atoms with Gasteiger partial charge in [-0.2, -0.15) is 0 Å². The standard InChI is InChI=1S/C20H23F2N3O/c1-14(2)16-5-3-4-6-18(16)23-20(26)25-11-9-24(10-12-25)19-8-7-15(21)13-17(19)22/h3-8,13-14H,9-12H2,1-2H3,(H,23,26). The number of piperazine rings is 1. The van der Waals surface area contributed by atoms with Gasteiger partial charge in [-0.05, 0) is 29.7 Å². The van der Waals surface area contributed by atoms with Gasteiger partial charge in [0, 0.05) is 37.9 Å². The van der Waals surface area contributed by atoms with Gasteiger partial charge < -0.3 is 15.1 Å². The molecule has 2 aromatic rings. The highest BCUT2D eigenvalue weighted by atomic mass is 19.1. The number of benzene rings is 2. The van der Waals surface area contributed by atoms with Crippen LogP contribution in [0.5, 0.6) is 0 Å². The molecule has 2 amide bonds. The molecule has 0 radical (unpaired) electrons. The van der Waals surface area contributed by atoms with Gasteiger partial charge in [-0.15, -0.1) is 0 Å². The van der Waals surface area contributed by atoms with Crippen LogP contribution in [-0.2, 0) is 0 Å². The van der Waals surface area contributed by atoms with E-state index in [0.29, 0.717) is 37.8 Å². The van der Waals surface area contributed by atoms with E-state index in [1.165, 1.54) is 12.1 Å². The largest absolute Gasteiger partial charge is 0.366 e. The van der Waals surface area contributed by atoms with Crippen LogP contribution in [0.4, 0.5) is 25.0 Å². The van der Waals surface area contributed by atoms with Crippen molar-refractivity contribution in [1.29, 1.82) is 0 Å². The Morgan fingerprint density at radius 1 is 1.04 bits per heavy atom. The Balaban J connectivity index is 1.62. The predicted molar refractivity (Wildman–Crippen MR) is 99.7 cm³/mol. The SMILES string of the molecule is CC(C)c1ccccc1NC(=O)N1CCN(c2ccc(F)cc2F)CC1. The van der Waals surface area contributed by atoms with Gasteiger partial charge in [0.1, 0.15) is 11.6 Å². The molecule has 0 atom stereocenters. The normalized spacial score (nSPS) is 14.7.